The van der Waals surface area contributed by atoms with Crippen molar-refractivity contribution in [2.45, 2.75) is 39.7 Å². The first-order chi connectivity index (χ1) is 15.1. The average molecular weight is 436 g/mol. The van der Waals surface area contributed by atoms with E-state index in [1.807, 2.05) is 48.7 Å². The number of imidazole rings is 1. The van der Waals surface area contributed by atoms with Crippen molar-refractivity contribution < 1.29 is 9.90 Å². The maximum atomic E-state index is 12.7. The van der Waals surface area contributed by atoms with Crippen LogP contribution in [0.1, 0.15) is 49.0 Å². The highest BCUT2D eigenvalue weighted by Crippen LogP contribution is 2.30. The largest absolute Gasteiger partial charge is 0.392 e. The molecule has 0 spiro atoms. The number of ketones is 1. The lowest BCUT2D eigenvalue weighted by Crippen LogP contribution is -2.24. The quantitative estimate of drug-likeness (QED) is 0.268. The minimum Gasteiger partial charge on any atom is -0.392 e. The van der Waals surface area contributed by atoms with Crippen LogP contribution in [-0.2, 0) is 6.61 Å². The number of benzene rings is 2. The molecule has 4 aromatic rings. The van der Waals surface area contributed by atoms with Crippen molar-refractivity contribution in [2.24, 2.45) is 0 Å². The summed E-state index contributed by atoms with van der Waals surface area (Å²) in [4.78, 5) is 20.8. The normalized spacial score (nSPS) is 11.7. The Morgan fingerprint density at radius 2 is 1.87 bits per heavy atom. The first-order valence-corrected chi connectivity index (χ1v) is 11.8. The number of hydrogen-bond acceptors (Lipinski definition) is 5. The second-order valence-electron chi connectivity index (χ2n) is 7.83. The third-order valence-corrected chi connectivity index (χ3v) is 6.89. The molecule has 0 bridgehead atoms. The van der Waals surface area contributed by atoms with Crippen molar-refractivity contribution >= 4 is 32.3 Å². The van der Waals surface area contributed by atoms with Gasteiger partial charge >= 0.3 is 0 Å². The fraction of sp³-hybridized carbons (Fsp3) is 0.360. The van der Waals surface area contributed by atoms with Crippen molar-refractivity contribution in [3.8, 4) is 11.3 Å². The lowest BCUT2D eigenvalue weighted by molar-refractivity contribution is 0.0978. The highest BCUT2D eigenvalue weighted by molar-refractivity contribution is 7.23. The van der Waals surface area contributed by atoms with Gasteiger partial charge in [-0.2, -0.15) is 0 Å². The number of hydrogen-bond donors (Lipinski definition) is 1. The minimum atomic E-state index is 0.0418. The van der Waals surface area contributed by atoms with E-state index in [0.29, 0.717) is 6.42 Å². The molecule has 1 N–H and O–H groups in total. The molecule has 0 aliphatic rings. The Labute approximate surface area is 187 Å². The minimum absolute atomic E-state index is 0.0418. The number of thiazole rings is 1. The molecule has 0 saturated heterocycles. The van der Waals surface area contributed by atoms with E-state index < -0.39 is 0 Å². The molecular weight excluding hydrogens is 406 g/mol. The zero-order valence-corrected chi connectivity index (χ0v) is 19.0. The van der Waals surface area contributed by atoms with Crippen LogP contribution in [0.2, 0.25) is 0 Å². The number of nitrogens with zero attached hydrogens (tertiary/aromatic N) is 3. The van der Waals surface area contributed by atoms with Gasteiger partial charge in [0.1, 0.15) is 0 Å². The molecule has 0 fully saturated rings. The van der Waals surface area contributed by atoms with Crippen LogP contribution >= 0.6 is 11.3 Å². The molecule has 2 aromatic carbocycles. The molecule has 162 valence electrons. The van der Waals surface area contributed by atoms with E-state index in [0.717, 1.165) is 70.0 Å². The molecule has 5 nitrogen and oxygen atoms in total. The fourth-order valence-electron chi connectivity index (χ4n) is 3.90. The van der Waals surface area contributed by atoms with Crippen LogP contribution < -0.4 is 0 Å². The van der Waals surface area contributed by atoms with Crippen LogP contribution in [0.25, 0.3) is 26.4 Å². The third-order valence-electron chi connectivity index (χ3n) is 5.87. The van der Waals surface area contributed by atoms with Gasteiger partial charge in [0.2, 0.25) is 0 Å². The van der Waals surface area contributed by atoms with E-state index in [9.17, 15) is 9.90 Å². The number of rotatable bonds is 10. The Bertz CT molecular complexity index is 1170. The number of aromatic nitrogens is 2. The Hall–Kier alpha value is -2.54. The summed E-state index contributed by atoms with van der Waals surface area (Å²) >= 11 is 1.61. The second-order valence-corrected chi connectivity index (χ2v) is 8.83. The molecule has 0 unspecified atom stereocenters. The van der Waals surface area contributed by atoms with E-state index >= 15 is 0 Å². The zero-order chi connectivity index (χ0) is 21.8. The van der Waals surface area contributed by atoms with Gasteiger partial charge in [0.05, 0.1) is 22.5 Å². The summed E-state index contributed by atoms with van der Waals surface area (Å²) in [6.45, 7) is 7.59. The number of aliphatic hydroxyl groups is 1. The summed E-state index contributed by atoms with van der Waals surface area (Å²) in [5, 5.41) is 9.22. The van der Waals surface area contributed by atoms with Gasteiger partial charge < -0.3 is 10.0 Å². The van der Waals surface area contributed by atoms with Crippen molar-refractivity contribution in [2.75, 3.05) is 19.6 Å². The van der Waals surface area contributed by atoms with E-state index in [-0.39, 0.29) is 12.4 Å². The molecule has 0 amide bonds. The van der Waals surface area contributed by atoms with Crippen LogP contribution in [0.15, 0.2) is 48.7 Å². The molecule has 0 aliphatic carbocycles. The Balaban J connectivity index is 1.47. The standard InChI is InChI=1S/C25H29N3O2S/c1-3-27(4-2)14-6-5-7-23(30)20-12-13-22-24(15-20)31-25-26-21(16-28(22)25)19-10-8-18(17-29)9-11-19/h8-13,15-16,29H,3-7,14,17H2,1-2H3. The molecule has 31 heavy (non-hydrogen) atoms. The predicted molar refractivity (Wildman–Crippen MR) is 128 cm³/mol. The van der Waals surface area contributed by atoms with Gasteiger partial charge in [-0.15, -0.1) is 0 Å². The number of carbonyl (C=O) groups is 1. The van der Waals surface area contributed by atoms with Gasteiger partial charge in [-0.3, -0.25) is 9.20 Å². The van der Waals surface area contributed by atoms with Crippen LogP contribution in [-0.4, -0.2) is 44.8 Å². The van der Waals surface area contributed by atoms with Gasteiger partial charge in [0.15, 0.2) is 10.7 Å². The molecule has 0 radical (unpaired) electrons. The van der Waals surface area contributed by atoms with Crippen molar-refractivity contribution in [3.63, 3.8) is 0 Å². The molecule has 6 heteroatoms. The summed E-state index contributed by atoms with van der Waals surface area (Å²) in [7, 11) is 0. The highest BCUT2D eigenvalue weighted by atomic mass is 32.1. The average Bonchev–Trinajstić information content (AvgIpc) is 3.36. The van der Waals surface area contributed by atoms with Gasteiger partial charge in [-0.05, 0) is 56.2 Å². The zero-order valence-electron chi connectivity index (χ0n) is 18.2. The number of fused-ring (bicyclic) bond motifs is 3. The molecule has 0 aliphatic heterocycles. The van der Waals surface area contributed by atoms with E-state index in [4.69, 9.17) is 4.98 Å². The highest BCUT2D eigenvalue weighted by Gasteiger charge is 2.13. The van der Waals surface area contributed by atoms with E-state index in [1.54, 1.807) is 11.3 Å². The molecular formula is C25H29N3O2S. The maximum absolute atomic E-state index is 12.7. The molecule has 0 saturated carbocycles. The van der Waals surface area contributed by atoms with Gasteiger partial charge in [0, 0.05) is 23.7 Å². The van der Waals surface area contributed by atoms with Crippen LogP contribution in [0.3, 0.4) is 0 Å². The maximum Gasteiger partial charge on any atom is 0.195 e. The second kappa shape index (κ2) is 9.73. The van der Waals surface area contributed by atoms with Crippen LogP contribution in [0.4, 0.5) is 0 Å². The fourth-order valence-corrected chi connectivity index (χ4v) is 4.95. The lowest BCUT2D eigenvalue weighted by atomic mass is 10.1. The summed E-state index contributed by atoms with van der Waals surface area (Å²) in [6.07, 6.45) is 4.63. The van der Waals surface area contributed by atoms with Gasteiger partial charge in [0.25, 0.3) is 0 Å². The van der Waals surface area contributed by atoms with Gasteiger partial charge in [-0.25, -0.2) is 4.98 Å². The predicted octanol–water partition coefficient (Wildman–Crippen LogP) is 5.40. The number of aliphatic hydroxyl groups excluding tert-OH is 1. The number of carbonyl (C=O) groups excluding carboxylic acids is 1. The SMILES string of the molecule is CCN(CC)CCCCC(=O)c1ccc2c(c1)sc1nc(-c3ccc(CO)cc3)cn12. The molecule has 4 rings (SSSR count). The smallest absolute Gasteiger partial charge is 0.195 e. The number of unbranched alkanes of at least 4 members (excludes halogenated alkanes) is 1. The summed E-state index contributed by atoms with van der Waals surface area (Å²) in [5.41, 5.74) is 4.69. The van der Waals surface area contributed by atoms with Crippen molar-refractivity contribution in [1.29, 1.82) is 0 Å². The topological polar surface area (TPSA) is 57.8 Å². The molecule has 2 aromatic heterocycles. The molecule has 0 atom stereocenters. The van der Waals surface area contributed by atoms with Gasteiger partial charge in [-0.1, -0.05) is 49.4 Å². The summed E-state index contributed by atoms with van der Waals surface area (Å²) < 4.78 is 3.17. The first-order valence-electron chi connectivity index (χ1n) is 11.0. The lowest BCUT2D eigenvalue weighted by Gasteiger charge is -2.17. The monoisotopic (exact) mass is 435 g/mol. The Morgan fingerprint density at radius 1 is 1.10 bits per heavy atom. The van der Waals surface area contributed by atoms with Crippen molar-refractivity contribution in [1.82, 2.24) is 14.3 Å². The third kappa shape index (κ3) is 4.71. The Kier molecular flexibility index (Phi) is 6.80. The van der Waals surface area contributed by atoms with Crippen LogP contribution in [0.5, 0.6) is 0 Å². The van der Waals surface area contributed by atoms with E-state index in [1.165, 1.54) is 0 Å². The number of Topliss-reactive ketones (excluding diaryl/α,β-unsaturated/α-hetero) is 1. The Morgan fingerprint density at radius 3 is 2.58 bits per heavy atom. The summed E-state index contributed by atoms with van der Waals surface area (Å²) in [5.74, 6) is 0.220. The molecule has 2 heterocycles. The van der Waals surface area contributed by atoms with Crippen molar-refractivity contribution in [3.05, 3.63) is 59.8 Å². The first kappa shape index (κ1) is 21.7. The van der Waals surface area contributed by atoms with Crippen LogP contribution in [0, 0.1) is 0 Å². The van der Waals surface area contributed by atoms with E-state index in [2.05, 4.69) is 23.1 Å². The summed E-state index contributed by atoms with van der Waals surface area (Å²) in [6, 6.07) is 13.8.